The summed E-state index contributed by atoms with van der Waals surface area (Å²) in [5.74, 6) is -0.567. The monoisotopic (exact) mass is 444 g/mol. The highest BCUT2D eigenvalue weighted by Crippen LogP contribution is 2.24. The van der Waals surface area contributed by atoms with Crippen LogP contribution in [0.1, 0.15) is 17.5 Å². The van der Waals surface area contributed by atoms with Crippen molar-refractivity contribution in [3.8, 4) is 11.3 Å². The van der Waals surface area contributed by atoms with Gasteiger partial charge in [-0.1, -0.05) is 42.1 Å². The molecule has 2 heterocycles. The molecule has 0 atom stereocenters. The fourth-order valence-electron chi connectivity index (χ4n) is 2.54. The molecule has 0 bridgehead atoms. The van der Waals surface area contributed by atoms with Crippen molar-refractivity contribution < 1.29 is 14.3 Å². The molecule has 0 saturated heterocycles. The summed E-state index contributed by atoms with van der Waals surface area (Å²) >= 11 is 2.36. The average molecular weight is 445 g/mol. The fraction of sp³-hybridized carbons (Fsp3) is 0.250. The van der Waals surface area contributed by atoms with Crippen molar-refractivity contribution >= 4 is 40.1 Å². The fourth-order valence-corrected chi connectivity index (χ4v) is 4.18. The van der Waals surface area contributed by atoms with Crippen molar-refractivity contribution in [3.63, 3.8) is 0 Å². The van der Waals surface area contributed by atoms with Crippen LogP contribution in [0.3, 0.4) is 0 Å². The van der Waals surface area contributed by atoms with Crippen LogP contribution < -0.4 is 10.9 Å². The van der Waals surface area contributed by atoms with E-state index in [2.05, 4.69) is 20.3 Å². The van der Waals surface area contributed by atoms with Gasteiger partial charge in [-0.2, -0.15) is 0 Å². The lowest BCUT2D eigenvalue weighted by Crippen LogP contribution is -2.15. The Balaban J connectivity index is 1.61. The SMILES string of the molecule is CCOC(=O)Cc1sc(NC(=O)CSc2nc(-c3ccccc3)cc(=O)[nH]2)nc1C. The Morgan fingerprint density at radius 1 is 1.23 bits per heavy atom. The third kappa shape index (κ3) is 6.01. The summed E-state index contributed by atoms with van der Waals surface area (Å²) in [6.45, 7) is 3.84. The molecule has 0 saturated carbocycles. The van der Waals surface area contributed by atoms with Gasteiger partial charge >= 0.3 is 5.97 Å². The van der Waals surface area contributed by atoms with Crippen molar-refractivity contribution in [1.82, 2.24) is 15.0 Å². The van der Waals surface area contributed by atoms with Gasteiger partial charge in [0.2, 0.25) is 5.91 Å². The number of rotatable bonds is 8. The number of aromatic amines is 1. The zero-order valence-corrected chi connectivity index (χ0v) is 18.1. The number of carbonyl (C=O) groups is 2. The van der Waals surface area contributed by atoms with Crippen LogP contribution in [0.5, 0.6) is 0 Å². The number of aryl methyl sites for hydroxylation is 1. The van der Waals surface area contributed by atoms with Crippen LogP contribution in [0.4, 0.5) is 5.13 Å². The Bertz CT molecular complexity index is 1100. The number of thiazole rings is 1. The number of nitrogens with zero attached hydrogens (tertiary/aromatic N) is 2. The first kappa shape index (κ1) is 21.7. The maximum Gasteiger partial charge on any atom is 0.311 e. The van der Waals surface area contributed by atoms with E-state index in [0.717, 1.165) is 22.2 Å². The van der Waals surface area contributed by atoms with E-state index in [1.54, 1.807) is 13.8 Å². The molecule has 3 aromatic rings. The zero-order valence-electron chi connectivity index (χ0n) is 16.4. The molecule has 2 aromatic heterocycles. The molecular formula is C20H20N4O4S2. The standard InChI is InChI=1S/C20H20N4O4S2/c1-3-28-18(27)10-15-12(2)21-20(30-15)24-17(26)11-29-19-22-14(9-16(25)23-19)13-7-5-4-6-8-13/h4-9H,3,10-11H2,1-2H3,(H,21,24,26)(H,22,23,25). The third-order valence-corrected chi connectivity index (χ3v) is 5.82. The predicted octanol–water partition coefficient (Wildman–Crippen LogP) is 3.04. The van der Waals surface area contributed by atoms with Gasteiger partial charge in [0, 0.05) is 16.5 Å². The van der Waals surface area contributed by atoms with Crippen LogP contribution >= 0.6 is 23.1 Å². The van der Waals surface area contributed by atoms with Crippen LogP contribution in [-0.4, -0.2) is 39.2 Å². The Morgan fingerprint density at radius 3 is 2.73 bits per heavy atom. The van der Waals surface area contributed by atoms with Crippen LogP contribution in [0, 0.1) is 6.92 Å². The number of hydrogen-bond donors (Lipinski definition) is 2. The number of thioether (sulfide) groups is 1. The van der Waals surface area contributed by atoms with E-state index in [1.165, 1.54) is 17.4 Å². The summed E-state index contributed by atoms with van der Waals surface area (Å²) in [6.07, 6.45) is 0.124. The quantitative estimate of drug-likeness (QED) is 0.312. The summed E-state index contributed by atoms with van der Waals surface area (Å²) in [7, 11) is 0. The molecule has 156 valence electrons. The minimum atomic E-state index is -0.328. The van der Waals surface area contributed by atoms with E-state index in [4.69, 9.17) is 4.74 Å². The Kier molecular flexibility index (Phi) is 7.36. The Labute approximate surface area is 181 Å². The van der Waals surface area contributed by atoms with Gasteiger partial charge in [0.25, 0.3) is 5.56 Å². The van der Waals surface area contributed by atoms with Gasteiger partial charge in [-0.25, -0.2) is 9.97 Å². The first-order chi connectivity index (χ1) is 14.4. The van der Waals surface area contributed by atoms with Crippen molar-refractivity contribution in [2.45, 2.75) is 25.4 Å². The number of amides is 1. The van der Waals surface area contributed by atoms with Crippen molar-refractivity contribution in [2.75, 3.05) is 17.7 Å². The molecule has 2 N–H and O–H groups in total. The summed E-state index contributed by atoms with van der Waals surface area (Å²) in [4.78, 5) is 48.0. The lowest BCUT2D eigenvalue weighted by Gasteiger charge is -2.04. The molecule has 1 amide bonds. The van der Waals surface area contributed by atoms with Gasteiger partial charge in [0.15, 0.2) is 10.3 Å². The molecule has 0 fully saturated rings. The second-order valence-corrected chi connectivity index (χ2v) is 8.20. The smallest absolute Gasteiger partial charge is 0.311 e. The number of H-pyrrole nitrogens is 1. The maximum atomic E-state index is 12.3. The molecule has 0 radical (unpaired) electrons. The lowest BCUT2D eigenvalue weighted by molar-refractivity contribution is -0.142. The number of benzene rings is 1. The van der Waals surface area contributed by atoms with E-state index in [0.29, 0.717) is 28.3 Å². The van der Waals surface area contributed by atoms with Crippen molar-refractivity contribution in [3.05, 3.63) is 57.3 Å². The predicted molar refractivity (Wildman–Crippen MR) is 117 cm³/mol. The molecular weight excluding hydrogens is 424 g/mol. The van der Waals surface area contributed by atoms with Gasteiger partial charge < -0.3 is 15.0 Å². The lowest BCUT2D eigenvalue weighted by atomic mass is 10.1. The molecule has 0 unspecified atom stereocenters. The molecule has 10 heteroatoms. The number of esters is 1. The average Bonchev–Trinajstić information content (AvgIpc) is 3.05. The number of nitrogens with one attached hydrogen (secondary N) is 2. The van der Waals surface area contributed by atoms with Crippen molar-refractivity contribution in [1.29, 1.82) is 0 Å². The molecule has 30 heavy (non-hydrogen) atoms. The number of aromatic nitrogens is 3. The number of ether oxygens (including phenoxy) is 1. The Hall–Kier alpha value is -2.98. The minimum absolute atomic E-state index is 0.0486. The first-order valence-corrected chi connectivity index (χ1v) is 11.0. The van der Waals surface area contributed by atoms with E-state index in [1.807, 2.05) is 30.3 Å². The second kappa shape index (κ2) is 10.2. The van der Waals surface area contributed by atoms with Crippen LogP contribution in [0.25, 0.3) is 11.3 Å². The molecule has 1 aromatic carbocycles. The minimum Gasteiger partial charge on any atom is -0.466 e. The maximum absolute atomic E-state index is 12.3. The highest BCUT2D eigenvalue weighted by Gasteiger charge is 2.15. The highest BCUT2D eigenvalue weighted by atomic mass is 32.2. The van der Waals surface area contributed by atoms with E-state index in [-0.39, 0.29) is 29.6 Å². The second-order valence-electron chi connectivity index (χ2n) is 6.15. The highest BCUT2D eigenvalue weighted by molar-refractivity contribution is 7.99. The van der Waals surface area contributed by atoms with Gasteiger partial charge in [0.05, 0.1) is 30.2 Å². The van der Waals surface area contributed by atoms with E-state index >= 15 is 0 Å². The third-order valence-electron chi connectivity index (χ3n) is 3.88. The van der Waals surface area contributed by atoms with Gasteiger partial charge in [0.1, 0.15) is 0 Å². The normalized spacial score (nSPS) is 10.6. The van der Waals surface area contributed by atoms with Gasteiger partial charge in [-0.3, -0.25) is 14.4 Å². The molecule has 0 aliphatic heterocycles. The van der Waals surface area contributed by atoms with Crippen LogP contribution in [-0.2, 0) is 20.7 Å². The summed E-state index contributed by atoms with van der Waals surface area (Å²) in [6, 6.07) is 10.8. The number of hydrogen-bond acceptors (Lipinski definition) is 8. The van der Waals surface area contributed by atoms with Gasteiger partial charge in [-0.05, 0) is 13.8 Å². The topological polar surface area (TPSA) is 114 Å². The van der Waals surface area contributed by atoms with Gasteiger partial charge in [-0.15, -0.1) is 11.3 Å². The molecule has 0 aliphatic rings. The summed E-state index contributed by atoms with van der Waals surface area (Å²) in [5, 5.41) is 3.49. The molecule has 0 spiro atoms. The number of anilines is 1. The zero-order chi connectivity index (χ0) is 21.5. The van der Waals surface area contributed by atoms with Crippen LogP contribution in [0.2, 0.25) is 0 Å². The number of carbonyl (C=O) groups excluding carboxylic acids is 2. The Morgan fingerprint density at radius 2 is 2.00 bits per heavy atom. The van der Waals surface area contributed by atoms with Crippen molar-refractivity contribution in [2.24, 2.45) is 0 Å². The van der Waals surface area contributed by atoms with E-state index in [9.17, 15) is 14.4 Å². The molecule has 0 aliphatic carbocycles. The van der Waals surface area contributed by atoms with E-state index < -0.39 is 0 Å². The first-order valence-electron chi connectivity index (χ1n) is 9.16. The van der Waals surface area contributed by atoms with Crippen LogP contribution in [0.15, 0.2) is 46.3 Å². The summed E-state index contributed by atoms with van der Waals surface area (Å²) in [5.41, 5.74) is 1.76. The summed E-state index contributed by atoms with van der Waals surface area (Å²) < 4.78 is 4.94. The molecule has 3 rings (SSSR count). The largest absolute Gasteiger partial charge is 0.466 e. The molecule has 8 nitrogen and oxygen atoms in total.